The highest BCUT2D eigenvalue weighted by atomic mass is 16.3. The molecule has 2 heteroatoms. The Morgan fingerprint density at radius 3 is 2.53 bits per heavy atom. The summed E-state index contributed by atoms with van der Waals surface area (Å²) in [5.41, 5.74) is 3.99. The van der Waals surface area contributed by atoms with Gasteiger partial charge in [0.1, 0.15) is 0 Å². The number of rotatable bonds is 6. The molecule has 0 bridgehead atoms. The molecule has 0 aliphatic carbocycles. The lowest BCUT2D eigenvalue weighted by Crippen LogP contribution is -2.23. The molecule has 2 N–H and O–H groups in total. The Labute approximate surface area is 105 Å². The van der Waals surface area contributed by atoms with Crippen molar-refractivity contribution < 1.29 is 5.11 Å². The maximum absolute atomic E-state index is 9.48. The van der Waals surface area contributed by atoms with Crippen molar-refractivity contribution in [3.05, 3.63) is 34.9 Å². The van der Waals surface area contributed by atoms with Gasteiger partial charge in [-0.05, 0) is 56.8 Å². The zero-order valence-corrected chi connectivity index (χ0v) is 11.5. The van der Waals surface area contributed by atoms with E-state index in [0.29, 0.717) is 6.04 Å². The maximum atomic E-state index is 9.48. The van der Waals surface area contributed by atoms with Crippen LogP contribution in [0.15, 0.2) is 18.2 Å². The highest BCUT2D eigenvalue weighted by Gasteiger charge is 2.06. The molecule has 0 spiro atoms. The van der Waals surface area contributed by atoms with Gasteiger partial charge in [0.15, 0.2) is 0 Å². The van der Waals surface area contributed by atoms with E-state index in [1.165, 1.54) is 16.7 Å². The van der Waals surface area contributed by atoms with Gasteiger partial charge in [-0.3, -0.25) is 0 Å². The Bertz CT molecular complexity index is 349. The number of hydrogen-bond acceptors (Lipinski definition) is 2. The molecule has 0 saturated carbocycles. The topological polar surface area (TPSA) is 32.3 Å². The molecule has 0 radical (unpaired) electrons. The van der Waals surface area contributed by atoms with Crippen molar-refractivity contribution in [3.8, 4) is 0 Å². The third-order valence-electron chi connectivity index (χ3n) is 3.43. The van der Waals surface area contributed by atoms with Crippen molar-refractivity contribution in [1.82, 2.24) is 5.32 Å². The summed E-state index contributed by atoms with van der Waals surface area (Å²) in [7, 11) is 0. The van der Waals surface area contributed by atoms with Crippen molar-refractivity contribution in [1.29, 1.82) is 0 Å². The summed E-state index contributed by atoms with van der Waals surface area (Å²) in [4.78, 5) is 0. The molecule has 96 valence electrons. The minimum atomic E-state index is -0.172. The van der Waals surface area contributed by atoms with Crippen LogP contribution in [0.3, 0.4) is 0 Å². The molecule has 2 nitrogen and oxygen atoms in total. The third-order valence-corrected chi connectivity index (χ3v) is 3.43. The standard InChI is InChI=1S/C15H25NO/c1-5-15(17)8-9-16-13(4)14-7-6-11(2)12(3)10-14/h6-7,10,13,15-17H,5,8-9H2,1-4H3. The first-order valence-corrected chi connectivity index (χ1v) is 6.53. The lowest BCUT2D eigenvalue weighted by Gasteiger charge is -2.16. The summed E-state index contributed by atoms with van der Waals surface area (Å²) in [6.45, 7) is 9.32. The van der Waals surface area contributed by atoms with Crippen molar-refractivity contribution in [2.75, 3.05) is 6.54 Å². The first kappa shape index (κ1) is 14.2. The lowest BCUT2D eigenvalue weighted by atomic mass is 10.0. The van der Waals surface area contributed by atoms with Crippen LogP contribution in [0.2, 0.25) is 0 Å². The Morgan fingerprint density at radius 2 is 1.94 bits per heavy atom. The maximum Gasteiger partial charge on any atom is 0.0549 e. The van der Waals surface area contributed by atoms with Gasteiger partial charge in [0.2, 0.25) is 0 Å². The normalized spacial score (nSPS) is 14.6. The quantitative estimate of drug-likeness (QED) is 0.794. The molecule has 0 aliphatic heterocycles. The molecule has 17 heavy (non-hydrogen) atoms. The number of aryl methyl sites for hydroxylation is 2. The van der Waals surface area contributed by atoms with Gasteiger partial charge in [-0.1, -0.05) is 25.1 Å². The highest BCUT2D eigenvalue weighted by molar-refractivity contribution is 5.31. The van der Waals surface area contributed by atoms with Crippen molar-refractivity contribution in [2.24, 2.45) is 0 Å². The average molecular weight is 235 g/mol. The van der Waals surface area contributed by atoms with E-state index in [1.54, 1.807) is 0 Å². The van der Waals surface area contributed by atoms with E-state index < -0.39 is 0 Å². The second kappa shape index (κ2) is 6.77. The number of hydrogen-bond donors (Lipinski definition) is 2. The minimum absolute atomic E-state index is 0.172. The van der Waals surface area contributed by atoms with E-state index >= 15 is 0 Å². The summed E-state index contributed by atoms with van der Waals surface area (Å²) in [5, 5.41) is 12.9. The van der Waals surface area contributed by atoms with E-state index in [1.807, 2.05) is 6.92 Å². The monoisotopic (exact) mass is 235 g/mol. The van der Waals surface area contributed by atoms with Crippen LogP contribution in [0.25, 0.3) is 0 Å². The van der Waals surface area contributed by atoms with Crippen molar-refractivity contribution in [2.45, 2.75) is 52.7 Å². The fraction of sp³-hybridized carbons (Fsp3) is 0.600. The smallest absolute Gasteiger partial charge is 0.0549 e. The predicted molar refractivity (Wildman–Crippen MR) is 73.2 cm³/mol. The van der Waals surface area contributed by atoms with Gasteiger partial charge in [-0.2, -0.15) is 0 Å². The summed E-state index contributed by atoms with van der Waals surface area (Å²) in [6.07, 6.45) is 1.49. The summed E-state index contributed by atoms with van der Waals surface area (Å²) >= 11 is 0. The summed E-state index contributed by atoms with van der Waals surface area (Å²) < 4.78 is 0. The second-order valence-electron chi connectivity index (χ2n) is 4.87. The lowest BCUT2D eigenvalue weighted by molar-refractivity contribution is 0.159. The predicted octanol–water partition coefficient (Wildman–Crippen LogP) is 3.12. The Hall–Kier alpha value is -0.860. The SMILES string of the molecule is CCC(O)CCNC(C)c1ccc(C)c(C)c1. The fourth-order valence-electron chi connectivity index (χ4n) is 1.82. The van der Waals surface area contributed by atoms with Gasteiger partial charge >= 0.3 is 0 Å². The molecule has 2 atom stereocenters. The zero-order valence-electron chi connectivity index (χ0n) is 11.5. The molecule has 0 fully saturated rings. The Kier molecular flexibility index (Phi) is 5.66. The van der Waals surface area contributed by atoms with E-state index in [4.69, 9.17) is 0 Å². The molecule has 2 unspecified atom stereocenters. The largest absolute Gasteiger partial charge is 0.393 e. The van der Waals surface area contributed by atoms with Gasteiger partial charge in [0.25, 0.3) is 0 Å². The molecule has 0 saturated heterocycles. The Balaban J connectivity index is 2.46. The number of nitrogens with one attached hydrogen (secondary N) is 1. The van der Waals surface area contributed by atoms with Crippen molar-refractivity contribution >= 4 is 0 Å². The molecule has 0 aliphatic rings. The van der Waals surface area contributed by atoms with E-state index in [0.717, 1.165) is 19.4 Å². The van der Waals surface area contributed by atoms with Gasteiger partial charge in [0.05, 0.1) is 6.10 Å². The van der Waals surface area contributed by atoms with Crippen LogP contribution < -0.4 is 5.32 Å². The van der Waals surface area contributed by atoms with Crippen LogP contribution in [-0.2, 0) is 0 Å². The minimum Gasteiger partial charge on any atom is -0.393 e. The molecular formula is C15H25NO. The molecule has 1 aromatic carbocycles. The Morgan fingerprint density at radius 1 is 1.24 bits per heavy atom. The van der Waals surface area contributed by atoms with Crippen LogP contribution in [0.1, 0.15) is 49.4 Å². The zero-order chi connectivity index (χ0) is 12.8. The van der Waals surface area contributed by atoms with Gasteiger partial charge in [-0.25, -0.2) is 0 Å². The van der Waals surface area contributed by atoms with E-state index in [2.05, 4.69) is 44.3 Å². The second-order valence-corrected chi connectivity index (χ2v) is 4.87. The third kappa shape index (κ3) is 4.49. The molecule has 0 heterocycles. The molecule has 0 aromatic heterocycles. The number of benzene rings is 1. The van der Waals surface area contributed by atoms with Crippen LogP contribution >= 0.6 is 0 Å². The number of aliphatic hydroxyl groups excluding tert-OH is 1. The highest BCUT2D eigenvalue weighted by Crippen LogP contribution is 2.16. The summed E-state index contributed by atoms with van der Waals surface area (Å²) in [5.74, 6) is 0. The average Bonchev–Trinajstić information content (AvgIpc) is 2.32. The first-order chi connectivity index (χ1) is 8.04. The molecule has 1 rings (SSSR count). The van der Waals surface area contributed by atoms with Gasteiger partial charge < -0.3 is 10.4 Å². The summed E-state index contributed by atoms with van der Waals surface area (Å²) in [6, 6.07) is 6.93. The van der Waals surface area contributed by atoms with Crippen LogP contribution in [0.4, 0.5) is 0 Å². The van der Waals surface area contributed by atoms with Crippen LogP contribution in [0, 0.1) is 13.8 Å². The van der Waals surface area contributed by atoms with E-state index in [9.17, 15) is 5.11 Å². The first-order valence-electron chi connectivity index (χ1n) is 6.53. The van der Waals surface area contributed by atoms with E-state index in [-0.39, 0.29) is 6.10 Å². The molecule has 1 aromatic rings. The van der Waals surface area contributed by atoms with Gasteiger partial charge in [0, 0.05) is 6.04 Å². The molecular weight excluding hydrogens is 210 g/mol. The van der Waals surface area contributed by atoms with Gasteiger partial charge in [-0.15, -0.1) is 0 Å². The van der Waals surface area contributed by atoms with Crippen molar-refractivity contribution in [3.63, 3.8) is 0 Å². The number of aliphatic hydroxyl groups is 1. The fourth-order valence-corrected chi connectivity index (χ4v) is 1.82. The van der Waals surface area contributed by atoms with Crippen LogP contribution in [-0.4, -0.2) is 17.8 Å². The van der Waals surface area contributed by atoms with Crippen LogP contribution in [0.5, 0.6) is 0 Å². The molecule has 0 amide bonds.